The second-order valence-electron chi connectivity index (χ2n) is 10.1. The van der Waals surface area contributed by atoms with Gasteiger partial charge in [0.15, 0.2) is 0 Å². The predicted molar refractivity (Wildman–Crippen MR) is 142 cm³/mol. The highest BCUT2D eigenvalue weighted by Crippen LogP contribution is 2.36. The lowest BCUT2D eigenvalue weighted by molar-refractivity contribution is -0.137. The summed E-state index contributed by atoms with van der Waals surface area (Å²) in [5.41, 5.74) is 4.33. The van der Waals surface area contributed by atoms with Gasteiger partial charge in [0, 0.05) is 23.6 Å². The first-order valence-electron chi connectivity index (χ1n) is 12.3. The molecule has 0 radical (unpaired) electrons. The third-order valence-electron chi connectivity index (χ3n) is 6.74. The Morgan fingerprint density at radius 1 is 1.08 bits per heavy atom. The van der Waals surface area contributed by atoms with Gasteiger partial charge in [0.2, 0.25) is 0 Å². The number of fused-ring (bicyclic) bond motifs is 1. The van der Waals surface area contributed by atoms with Crippen LogP contribution in [0.1, 0.15) is 65.7 Å². The van der Waals surface area contributed by atoms with Crippen molar-refractivity contribution in [1.29, 1.82) is 0 Å². The van der Waals surface area contributed by atoms with E-state index in [0.29, 0.717) is 22.1 Å². The fourth-order valence-electron chi connectivity index (χ4n) is 4.68. The molecule has 1 aliphatic rings. The third kappa shape index (κ3) is 6.08. The van der Waals surface area contributed by atoms with Crippen LogP contribution in [-0.2, 0) is 24.2 Å². The highest BCUT2D eigenvalue weighted by atomic mass is 35.5. The minimum atomic E-state index is -1.08. The molecule has 1 heterocycles. The molecule has 0 spiro atoms. The molecular weight excluding hydrogens is 474 g/mol. The third-order valence-corrected chi connectivity index (χ3v) is 7.11. The Morgan fingerprint density at radius 3 is 2.47 bits per heavy atom. The Kier molecular flexibility index (Phi) is 7.70. The van der Waals surface area contributed by atoms with Crippen molar-refractivity contribution in [3.8, 4) is 5.75 Å². The van der Waals surface area contributed by atoms with Gasteiger partial charge in [-0.2, -0.15) is 0 Å². The van der Waals surface area contributed by atoms with Crippen molar-refractivity contribution in [2.45, 2.75) is 58.1 Å². The van der Waals surface area contributed by atoms with Crippen molar-refractivity contribution in [3.05, 3.63) is 99.6 Å². The summed E-state index contributed by atoms with van der Waals surface area (Å²) in [7, 11) is 0. The molecule has 1 aliphatic heterocycles. The van der Waals surface area contributed by atoms with Gasteiger partial charge in [0.1, 0.15) is 17.9 Å². The number of amides is 1. The Hall–Kier alpha value is -3.31. The number of rotatable bonds is 8. The minimum Gasteiger partial charge on any atom is -0.487 e. The molecule has 1 amide bonds. The normalized spacial score (nSPS) is 16.8. The second kappa shape index (κ2) is 10.8. The molecule has 0 bridgehead atoms. The van der Waals surface area contributed by atoms with E-state index in [1.54, 1.807) is 24.3 Å². The summed E-state index contributed by atoms with van der Waals surface area (Å²) in [5, 5.41) is 9.89. The van der Waals surface area contributed by atoms with Crippen LogP contribution in [0, 0.1) is 0 Å². The maximum Gasteiger partial charge on any atom is 0.323 e. The van der Waals surface area contributed by atoms with E-state index in [2.05, 4.69) is 45.0 Å². The Labute approximate surface area is 217 Å². The molecule has 1 N–H and O–H groups in total. The number of hydrogen-bond donors (Lipinski definition) is 1. The molecule has 0 aliphatic carbocycles. The van der Waals surface area contributed by atoms with Crippen LogP contribution < -0.4 is 4.74 Å². The fourth-order valence-corrected chi connectivity index (χ4v) is 4.87. The lowest BCUT2D eigenvalue weighted by Gasteiger charge is -2.36. The molecule has 0 saturated carbocycles. The number of nitrogens with zero attached hydrogens (tertiary/aromatic N) is 1. The summed E-state index contributed by atoms with van der Waals surface area (Å²) in [6.45, 7) is 6.21. The fraction of sp³-hybridized carbons (Fsp3) is 0.333. The van der Waals surface area contributed by atoms with Crippen LogP contribution in [0.25, 0.3) is 0 Å². The van der Waals surface area contributed by atoms with E-state index in [1.807, 2.05) is 18.2 Å². The zero-order valence-electron chi connectivity index (χ0n) is 21.0. The zero-order chi connectivity index (χ0) is 25.9. The molecule has 0 aromatic heterocycles. The van der Waals surface area contributed by atoms with Gasteiger partial charge in [-0.1, -0.05) is 67.9 Å². The highest BCUT2D eigenvalue weighted by Gasteiger charge is 2.32. The molecule has 3 aromatic carbocycles. The molecule has 3 aromatic rings. The minimum absolute atomic E-state index is 0.117. The van der Waals surface area contributed by atoms with Crippen LogP contribution in [0.15, 0.2) is 66.7 Å². The number of carboxylic acids is 1. The summed E-state index contributed by atoms with van der Waals surface area (Å²) in [5.74, 6) is -0.150. The van der Waals surface area contributed by atoms with Gasteiger partial charge >= 0.3 is 5.97 Å². The monoisotopic (exact) mass is 505 g/mol. The number of carbonyl (C=O) groups excluding carboxylic acids is 1. The molecule has 0 unspecified atom stereocenters. The van der Waals surface area contributed by atoms with Crippen LogP contribution in [0.3, 0.4) is 0 Å². The standard InChI is InChI=1S/C30H32ClNO4/c1-20(2)22-10-8-21(9-11-22)17-30(3)15-14-23-16-24(12-13-27(23)36-30)29(35)32(19-28(33)34)18-25-6-4-5-7-26(25)31/h4-13,16,20H,14-15,17-19H2,1-3H3,(H,33,34)/t30-/m1/s1. The number of aryl methyl sites for hydroxylation is 1. The molecule has 188 valence electrons. The summed E-state index contributed by atoms with van der Waals surface area (Å²) < 4.78 is 6.44. The van der Waals surface area contributed by atoms with E-state index in [4.69, 9.17) is 16.3 Å². The van der Waals surface area contributed by atoms with Gasteiger partial charge < -0.3 is 14.7 Å². The van der Waals surface area contributed by atoms with E-state index in [-0.39, 0.29) is 18.1 Å². The summed E-state index contributed by atoms with van der Waals surface area (Å²) in [6.07, 6.45) is 2.40. The van der Waals surface area contributed by atoms with E-state index < -0.39 is 12.5 Å². The maximum absolute atomic E-state index is 13.3. The molecule has 5 nitrogen and oxygen atoms in total. The second-order valence-corrected chi connectivity index (χ2v) is 10.5. The topological polar surface area (TPSA) is 66.8 Å². The lowest BCUT2D eigenvalue weighted by atomic mass is 9.86. The smallest absolute Gasteiger partial charge is 0.323 e. The molecule has 6 heteroatoms. The Morgan fingerprint density at radius 2 is 1.81 bits per heavy atom. The molecule has 4 rings (SSSR count). The van der Waals surface area contributed by atoms with Crippen LogP contribution in [-0.4, -0.2) is 34.0 Å². The van der Waals surface area contributed by atoms with Crippen molar-refractivity contribution in [2.75, 3.05) is 6.54 Å². The zero-order valence-corrected chi connectivity index (χ0v) is 21.7. The van der Waals surface area contributed by atoms with E-state index in [1.165, 1.54) is 16.0 Å². The lowest BCUT2D eigenvalue weighted by Crippen LogP contribution is -2.39. The van der Waals surface area contributed by atoms with Gasteiger partial charge in [-0.25, -0.2) is 0 Å². The average molecular weight is 506 g/mol. The van der Waals surface area contributed by atoms with Gasteiger partial charge in [0.25, 0.3) is 5.91 Å². The van der Waals surface area contributed by atoms with Crippen LogP contribution in [0.5, 0.6) is 5.75 Å². The van der Waals surface area contributed by atoms with Gasteiger partial charge in [-0.05, 0) is 72.2 Å². The number of carbonyl (C=O) groups is 2. The highest BCUT2D eigenvalue weighted by molar-refractivity contribution is 6.31. The number of halogens is 1. The first kappa shape index (κ1) is 25.8. The van der Waals surface area contributed by atoms with Crippen molar-refractivity contribution >= 4 is 23.5 Å². The van der Waals surface area contributed by atoms with E-state index in [9.17, 15) is 14.7 Å². The molecule has 36 heavy (non-hydrogen) atoms. The average Bonchev–Trinajstić information content (AvgIpc) is 2.84. The number of carboxylic acid groups (broad SMARTS) is 1. The quantitative estimate of drug-likeness (QED) is 0.378. The van der Waals surface area contributed by atoms with Gasteiger partial charge in [-0.3, -0.25) is 9.59 Å². The van der Waals surface area contributed by atoms with E-state index in [0.717, 1.165) is 30.6 Å². The van der Waals surface area contributed by atoms with E-state index >= 15 is 0 Å². The number of aliphatic carboxylic acids is 1. The molecule has 1 atom stereocenters. The van der Waals surface area contributed by atoms with Crippen molar-refractivity contribution < 1.29 is 19.4 Å². The van der Waals surface area contributed by atoms with Gasteiger partial charge in [0.05, 0.1) is 0 Å². The molecule has 0 saturated heterocycles. The number of benzene rings is 3. The van der Waals surface area contributed by atoms with Crippen molar-refractivity contribution in [3.63, 3.8) is 0 Å². The molecular formula is C30H32ClNO4. The number of ether oxygens (including phenoxy) is 1. The predicted octanol–water partition coefficient (Wildman–Crippen LogP) is 6.52. The van der Waals surface area contributed by atoms with Gasteiger partial charge in [-0.15, -0.1) is 0 Å². The van der Waals surface area contributed by atoms with Crippen LogP contribution >= 0.6 is 11.6 Å². The number of hydrogen-bond acceptors (Lipinski definition) is 3. The van der Waals surface area contributed by atoms with Crippen molar-refractivity contribution in [2.24, 2.45) is 0 Å². The van der Waals surface area contributed by atoms with Crippen LogP contribution in [0.4, 0.5) is 0 Å². The summed E-state index contributed by atoms with van der Waals surface area (Å²) >= 11 is 6.25. The largest absolute Gasteiger partial charge is 0.487 e. The Balaban J connectivity index is 1.50. The van der Waals surface area contributed by atoms with Crippen molar-refractivity contribution in [1.82, 2.24) is 4.90 Å². The summed E-state index contributed by atoms with van der Waals surface area (Å²) in [6, 6.07) is 21.2. The Bertz CT molecular complexity index is 1250. The van der Waals surface area contributed by atoms with Crippen LogP contribution in [0.2, 0.25) is 5.02 Å². The first-order valence-corrected chi connectivity index (χ1v) is 12.7. The maximum atomic E-state index is 13.3. The first-order chi connectivity index (χ1) is 17.1. The molecule has 0 fully saturated rings. The summed E-state index contributed by atoms with van der Waals surface area (Å²) in [4.78, 5) is 26.1. The SMILES string of the molecule is CC(C)c1ccc(C[C@@]2(C)CCc3cc(C(=O)N(CC(=O)O)Cc4ccccc4Cl)ccc3O2)cc1.